The summed E-state index contributed by atoms with van der Waals surface area (Å²) >= 11 is 1.49. The number of aromatic nitrogens is 1. The van der Waals surface area contributed by atoms with E-state index in [9.17, 15) is 4.79 Å². The zero-order valence-electron chi connectivity index (χ0n) is 17.3. The van der Waals surface area contributed by atoms with Gasteiger partial charge in [0.05, 0.1) is 42.8 Å². The van der Waals surface area contributed by atoms with Gasteiger partial charge >= 0.3 is 0 Å². The molecule has 2 aromatic carbocycles. The predicted octanol–water partition coefficient (Wildman–Crippen LogP) is 5.37. The number of nitrogens with zero attached hydrogens (tertiary/aromatic N) is 2. The van der Waals surface area contributed by atoms with E-state index in [1.54, 1.807) is 49.6 Å². The van der Waals surface area contributed by atoms with Gasteiger partial charge in [-0.1, -0.05) is 23.5 Å². The predicted molar refractivity (Wildman–Crippen MR) is 118 cm³/mol. The van der Waals surface area contributed by atoms with Crippen molar-refractivity contribution in [3.8, 4) is 11.5 Å². The molecule has 0 radical (unpaired) electrons. The van der Waals surface area contributed by atoms with Crippen molar-refractivity contribution in [1.82, 2.24) is 4.98 Å². The van der Waals surface area contributed by atoms with Gasteiger partial charge < -0.3 is 13.9 Å². The van der Waals surface area contributed by atoms with Crippen LogP contribution in [0.2, 0.25) is 0 Å². The molecule has 0 spiro atoms. The molecule has 30 heavy (non-hydrogen) atoms. The van der Waals surface area contributed by atoms with Crippen molar-refractivity contribution in [2.75, 3.05) is 19.1 Å². The number of carbonyl (C=O) groups excluding carboxylic acids is 1. The van der Waals surface area contributed by atoms with Gasteiger partial charge in [-0.2, -0.15) is 0 Å². The Labute approximate surface area is 178 Å². The van der Waals surface area contributed by atoms with Crippen molar-refractivity contribution >= 4 is 32.6 Å². The lowest BCUT2D eigenvalue weighted by molar-refractivity contribution is 0.0980. The van der Waals surface area contributed by atoms with Crippen LogP contribution in [-0.2, 0) is 6.54 Å². The van der Waals surface area contributed by atoms with Crippen LogP contribution in [0.3, 0.4) is 0 Å². The molecule has 0 saturated carbocycles. The summed E-state index contributed by atoms with van der Waals surface area (Å²) in [5.41, 5.74) is 3.51. The van der Waals surface area contributed by atoms with E-state index in [4.69, 9.17) is 18.9 Å². The Morgan fingerprint density at radius 2 is 1.90 bits per heavy atom. The van der Waals surface area contributed by atoms with Gasteiger partial charge in [0, 0.05) is 0 Å². The van der Waals surface area contributed by atoms with E-state index < -0.39 is 0 Å². The largest absolute Gasteiger partial charge is 0.497 e. The van der Waals surface area contributed by atoms with Crippen LogP contribution in [0.15, 0.2) is 53.1 Å². The molecule has 2 aromatic heterocycles. The molecular formula is C23H22N2O4S. The Morgan fingerprint density at radius 3 is 2.57 bits per heavy atom. The molecular weight excluding hydrogens is 400 g/mol. The second-order valence-electron chi connectivity index (χ2n) is 6.91. The molecule has 0 fully saturated rings. The summed E-state index contributed by atoms with van der Waals surface area (Å²) in [4.78, 5) is 20.1. The number of benzene rings is 2. The molecule has 4 aromatic rings. The number of rotatable bonds is 6. The van der Waals surface area contributed by atoms with Gasteiger partial charge in [0.2, 0.25) is 0 Å². The number of carbonyl (C=O) groups is 1. The fraction of sp³-hybridized carbons (Fsp3) is 0.217. The summed E-state index contributed by atoms with van der Waals surface area (Å²) in [6, 6.07) is 12.9. The molecule has 2 heterocycles. The number of furan rings is 1. The van der Waals surface area contributed by atoms with Gasteiger partial charge in [0.1, 0.15) is 17.3 Å². The van der Waals surface area contributed by atoms with Crippen LogP contribution in [0.5, 0.6) is 11.5 Å². The van der Waals surface area contributed by atoms with Crippen LogP contribution < -0.4 is 14.4 Å². The van der Waals surface area contributed by atoms with Crippen LogP contribution in [-0.4, -0.2) is 25.1 Å². The van der Waals surface area contributed by atoms with E-state index >= 15 is 0 Å². The Bertz CT molecular complexity index is 1160. The first-order valence-corrected chi connectivity index (χ1v) is 10.3. The molecule has 154 valence electrons. The van der Waals surface area contributed by atoms with Crippen molar-refractivity contribution < 1.29 is 18.7 Å². The average molecular weight is 423 g/mol. The highest BCUT2D eigenvalue weighted by molar-refractivity contribution is 7.22. The number of methoxy groups -OCH3 is 2. The third-order valence-electron chi connectivity index (χ3n) is 4.94. The second kappa shape index (κ2) is 8.20. The lowest BCUT2D eigenvalue weighted by Gasteiger charge is -2.20. The van der Waals surface area contributed by atoms with Crippen molar-refractivity contribution in [1.29, 1.82) is 0 Å². The molecule has 0 aliphatic heterocycles. The first-order valence-electron chi connectivity index (χ1n) is 9.45. The quantitative estimate of drug-likeness (QED) is 0.418. The van der Waals surface area contributed by atoms with Crippen molar-refractivity contribution in [2.45, 2.75) is 20.4 Å². The molecule has 0 bridgehead atoms. The Morgan fingerprint density at radius 1 is 1.10 bits per heavy atom. The third kappa shape index (κ3) is 3.64. The molecule has 0 atom stereocenters. The van der Waals surface area contributed by atoms with Gasteiger partial charge in [0.15, 0.2) is 5.13 Å². The van der Waals surface area contributed by atoms with E-state index in [0.29, 0.717) is 28.0 Å². The van der Waals surface area contributed by atoms with E-state index in [1.807, 2.05) is 26.0 Å². The van der Waals surface area contributed by atoms with Gasteiger partial charge in [-0.15, -0.1) is 0 Å². The summed E-state index contributed by atoms with van der Waals surface area (Å²) in [5, 5.41) is 0.605. The first-order chi connectivity index (χ1) is 14.5. The van der Waals surface area contributed by atoms with Gasteiger partial charge in [-0.3, -0.25) is 9.69 Å². The highest BCUT2D eigenvalue weighted by atomic mass is 32.1. The summed E-state index contributed by atoms with van der Waals surface area (Å²) in [7, 11) is 3.11. The van der Waals surface area contributed by atoms with E-state index in [-0.39, 0.29) is 12.5 Å². The molecule has 0 aliphatic carbocycles. The fourth-order valence-corrected chi connectivity index (χ4v) is 4.38. The third-order valence-corrected chi connectivity index (χ3v) is 6.15. The number of hydrogen-bond acceptors (Lipinski definition) is 6. The smallest absolute Gasteiger partial charge is 0.264 e. The minimum absolute atomic E-state index is 0.239. The van der Waals surface area contributed by atoms with E-state index in [0.717, 1.165) is 21.3 Å². The Kier molecular flexibility index (Phi) is 5.46. The minimum Gasteiger partial charge on any atom is -0.497 e. The maximum atomic E-state index is 13.7. The lowest BCUT2D eigenvalue weighted by Crippen LogP contribution is -2.30. The van der Waals surface area contributed by atoms with Crippen LogP contribution in [0, 0.1) is 13.8 Å². The Hall–Kier alpha value is -3.32. The number of aryl methyl sites for hydroxylation is 2. The summed E-state index contributed by atoms with van der Waals surface area (Å²) in [6.45, 7) is 4.33. The van der Waals surface area contributed by atoms with Gasteiger partial charge in [-0.25, -0.2) is 4.98 Å². The van der Waals surface area contributed by atoms with Gasteiger partial charge in [0.25, 0.3) is 5.91 Å². The summed E-state index contributed by atoms with van der Waals surface area (Å²) < 4.78 is 17.3. The molecule has 1 amide bonds. The number of anilines is 1. The zero-order valence-corrected chi connectivity index (χ0v) is 18.1. The molecule has 0 N–H and O–H groups in total. The van der Waals surface area contributed by atoms with E-state index in [2.05, 4.69) is 6.07 Å². The number of ether oxygens (including phenoxy) is 2. The monoisotopic (exact) mass is 422 g/mol. The lowest BCUT2D eigenvalue weighted by atomic mass is 10.1. The van der Waals surface area contributed by atoms with Crippen LogP contribution in [0.4, 0.5) is 5.13 Å². The maximum absolute atomic E-state index is 13.7. The first kappa shape index (κ1) is 20.0. The fourth-order valence-electron chi connectivity index (χ4n) is 3.27. The summed E-state index contributed by atoms with van der Waals surface area (Å²) in [5.74, 6) is 1.47. The van der Waals surface area contributed by atoms with Gasteiger partial charge in [-0.05, 0) is 55.3 Å². The second-order valence-corrected chi connectivity index (χ2v) is 7.89. The van der Waals surface area contributed by atoms with E-state index in [1.165, 1.54) is 11.3 Å². The normalized spacial score (nSPS) is 10.9. The highest BCUT2D eigenvalue weighted by Crippen LogP contribution is 2.35. The average Bonchev–Trinajstić information content (AvgIpc) is 3.44. The molecule has 4 rings (SSSR count). The van der Waals surface area contributed by atoms with Crippen LogP contribution >= 0.6 is 11.3 Å². The van der Waals surface area contributed by atoms with Crippen LogP contribution in [0.25, 0.3) is 10.2 Å². The number of thiazole rings is 1. The van der Waals surface area contributed by atoms with Crippen molar-refractivity contribution in [2.24, 2.45) is 0 Å². The Balaban J connectivity index is 1.84. The van der Waals surface area contributed by atoms with Crippen LogP contribution in [0.1, 0.15) is 27.2 Å². The maximum Gasteiger partial charge on any atom is 0.264 e. The number of amides is 1. The molecule has 6 nitrogen and oxygen atoms in total. The molecule has 7 heteroatoms. The van der Waals surface area contributed by atoms with Crippen molar-refractivity contribution in [3.05, 3.63) is 71.2 Å². The molecule has 0 unspecified atom stereocenters. The number of hydrogen-bond donors (Lipinski definition) is 0. The molecule has 0 aliphatic rings. The topological polar surface area (TPSA) is 64.8 Å². The summed E-state index contributed by atoms with van der Waals surface area (Å²) in [6.07, 6.45) is 1.59. The zero-order chi connectivity index (χ0) is 21.3. The molecule has 0 saturated heterocycles. The number of fused-ring (bicyclic) bond motifs is 1. The standard InChI is InChI=1S/C23H22N2O4S/c1-14-7-8-15(2)21-20(14)24-23(30-21)25(13-17-6-5-11-29-17)22(26)18-12-16(27-3)9-10-19(18)28-4/h5-12H,13H2,1-4H3. The van der Waals surface area contributed by atoms with Crippen molar-refractivity contribution in [3.63, 3.8) is 0 Å². The highest BCUT2D eigenvalue weighted by Gasteiger charge is 2.26. The minimum atomic E-state index is -0.239. The SMILES string of the molecule is COc1ccc(OC)c(C(=O)N(Cc2ccco2)c2nc3c(C)ccc(C)c3s2)c1.